The summed E-state index contributed by atoms with van der Waals surface area (Å²) < 4.78 is 7.09. The van der Waals surface area contributed by atoms with Gasteiger partial charge in [-0.15, -0.1) is 0 Å². The molecule has 1 aromatic carbocycles. The average molecular weight is 570 g/mol. The lowest BCUT2D eigenvalue weighted by atomic mass is 10.0. The smallest absolute Gasteiger partial charge is 0.389 e. The standard InChI is InChI=1S/C27H32ClN7O5/c1-16(2)33-9-7-19(8-10-33)30-27(39)40-26-31-21-11-17(25(38)34-13-20(36)14-34)3-5-22(21)35(26)15-24(37)32-23-6-4-18(28)12-29-23/h3-6,11-12,16,19-20,36H,7-10,13-15H2,1-2H3,(H,30,39)(H,29,32,37). The van der Waals surface area contributed by atoms with Crippen molar-refractivity contribution < 1.29 is 24.2 Å². The van der Waals surface area contributed by atoms with E-state index in [1.165, 1.54) is 15.7 Å². The Bertz CT molecular complexity index is 1400. The highest BCUT2D eigenvalue weighted by Crippen LogP contribution is 2.25. The minimum Gasteiger partial charge on any atom is -0.389 e. The molecule has 3 amide bonds. The highest BCUT2D eigenvalue weighted by atomic mass is 35.5. The van der Waals surface area contributed by atoms with E-state index in [4.69, 9.17) is 16.3 Å². The molecule has 13 heteroatoms. The maximum atomic E-state index is 12.9. The number of nitrogens with one attached hydrogen (secondary N) is 2. The van der Waals surface area contributed by atoms with Crippen molar-refractivity contribution >= 4 is 46.4 Å². The van der Waals surface area contributed by atoms with Crippen molar-refractivity contribution in [2.24, 2.45) is 0 Å². The van der Waals surface area contributed by atoms with Crippen LogP contribution in [0, 0.1) is 0 Å². The number of rotatable bonds is 7. The van der Waals surface area contributed by atoms with E-state index in [1.807, 2.05) is 0 Å². The SMILES string of the molecule is CC(C)N1CCC(NC(=O)Oc2nc3cc(C(=O)N4CC(O)C4)ccc3n2CC(=O)Nc2ccc(Cl)cn2)CC1. The van der Waals surface area contributed by atoms with E-state index in [0.29, 0.717) is 33.5 Å². The number of aliphatic hydroxyl groups excluding tert-OH is 1. The van der Waals surface area contributed by atoms with Gasteiger partial charge in [0.15, 0.2) is 0 Å². The highest BCUT2D eigenvalue weighted by Gasteiger charge is 2.30. The first-order valence-electron chi connectivity index (χ1n) is 13.3. The van der Waals surface area contributed by atoms with Gasteiger partial charge in [0.25, 0.3) is 5.91 Å². The van der Waals surface area contributed by atoms with Crippen molar-refractivity contribution in [2.45, 2.75) is 51.4 Å². The number of halogens is 1. The fraction of sp³-hybridized carbons (Fsp3) is 0.444. The van der Waals surface area contributed by atoms with Crippen LogP contribution in [0.5, 0.6) is 6.01 Å². The van der Waals surface area contributed by atoms with Gasteiger partial charge in [-0.25, -0.2) is 9.78 Å². The van der Waals surface area contributed by atoms with Crippen molar-refractivity contribution in [3.63, 3.8) is 0 Å². The number of piperidine rings is 1. The molecule has 5 rings (SSSR count). The maximum absolute atomic E-state index is 12.9. The van der Waals surface area contributed by atoms with Gasteiger partial charge >= 0.3 is 12.1 Å². The van der Waals surface area contributed by atoms with Crippen molar-refractivity contribution in [1.82, 2.24) is 29.7 Å². The highest BCUT2D eigenvalue weighted by molar-refractivity contribution is 6.30. The number of β-amino-alcohol motifs (C(OH)–C–C–N with tert-alkyl or cyclic N) is 1. The van der Waals surface area contributed by atoms with Crippen LogP contribution in [0.15, 0.2) is 36.5 Å². The lowest BCUT2D eigenvalue weighted by Crippen LogP contribution is -2.53. The first-order valence-corrected chi connectivity index (χ1v) is 13.7. The van der Waals surface area contributed by atoms with Gasteiger partial charge in [0.2, 0.25) is 5.91 Å². The van der Waals surface area contributed by atoms with E-state index in [-0.39, 0.29) is 37.6 Å². The van der Waals surface area contributed by atoms with E-state index in [1.54, 1.807) is 30.3 Å². The first-order chi connectivity index (χ1) is 19.2. The summed E-state index contributed by atoms with van der Waals surface area (Å²) in [6, 6.07) is 8.40. The summed E-state index contributed by atoms with van der Waals surface area (Å²) in [5.74, 6) is -0.340. The van der Waals surface area contributed by atoms with Crippen LogP contribution in [0.1, 0.15) is 37.0 Å². The molecule has 40 heavy (non-hydrogen) atoms. The van der Waals surface area contributed by atoms with Gasteiger partial charge in [-0.05, 0) is 57.0 Å². The Hall–Kier alpha value is -3.74. The van der Waals surface area contributed by atoms with Gasteiger partial charge in [0.1, 0.15) is 12.4 Å². The largest absolute Gasteiger partial charge is 0.415 e. The molecule has 0 radical (unpaired) electrons. The minimum absolute atomic E-state index is 0.0318. The fourth-order valence-electron chi connectivity index (χ4n) is 4.89. The molecule has 0 bridgehead atoms. The Morgan fingerprint density at radius 2 is 1.90 bits per heavy atom. The Balaban J connectivity index is 1.34. The van der Waals surface area contributed by atoms with Crippen molar-refractivity contribution in [1.29, 1.82) is 0 Å². The molecule has 0 saturated carbocycles. The number of nitrogens with zero attached hydrogens (tertiary/aromatic N) is 5. The molecule has 3 aromatic rings. The summed E-state index contributed by atoms with van der Waals surface area (Å²) in [6.45, 7) is 6.39. The second kappa shape index (κ2) is 11.8. The van der Waals surface area contributed by atoms with E-state index in [0.717, 1.165) is 25.9 Å². The molecule has 212 valence electrons. The number of benzene rings is 1. The zero-order chi connectivity index (χ0) is 28.4. The summed E-state index contributed by atoms with van der Waals surface area (Å²) >= 11 is 5.88. The van der Waals surface area contributed by atoms with Crippen molar-refractivity contribution in [3.05, 3.63) is 47.1 Å². The van der Waals surface area contributed by atoms with Gasteiger partial charge in [-0.1, -0.05) is 11.6 Å². The molecule has 2 aromatic heterocycles. The molecule has 2 fully saturated rings. The van der Waals surface area contributed by atoms with Crippen LogP contribution in [-0.2, 0) is 11.3 Å². The summed E-state index contributed by atoms with van der Waals surface area (Å²) in [7, 11) is 0. The first kappa shape index (κ1) is 27.8. The number of imidazole rings is 1. The quantitative estimate of drug-likeness (QED) is 0.394. The summed E-state index contributed by atoms with van der Waals surface area (Å²) in [4.78, 5) is 51.0. The lowest BCUT2D eigenvalue weighted by molar-refractivity contribution is -0.116. The number of aliphatic hydroxyl groups is 1. The number of hydrogen-bond donors (Lipinski definition) is 3. The second-order valence-electron chi connectivity index (χ2n) is 10.4. The summed E-state index contributed by atoms with van der Waals surface area (Å²) in [5.41, 5.74) is 1.27. The average Bonchev–Trinajstić information content (AvgIpc) is 3.23. The van der Waals surface area contributed by atoms with Crippen LogP contribution in [0.2, 0.25) is 5.02 Å². The normalized spacial score (nSPS) is 16.7. The van der Waals surface area contributed by atoms with Crippen LogP contribution in [-0.4, -0.2) is 91.7 Å². The number of amides is 3. The predicted octanol–water partition coefficient (Wildman–Crippen LogP) is 2.50. The third-order valence-corrected chi connectivity index (χ3v) is 7.40. The number of aromatic nitrogens is 3. The molecule has 3 N–H and O–H groups in total. The Labute approximate surface area is 236 Å². The van der Waals surface area contributed by atoms with Crippen molar-refractivity contribution in [2.75, 3.05) is 31.5 Å². The van der Waals surface area contributed by atoms with Crippen LogP contribution < -0.4 is 15.4 Å². The number of ether oxygens (including phenoxy) is 1. The molecule has 4 heterocycles. The molecule has 2 aliphatic heterocycles. The minimum atomic E-state index is -0.662. The summed E-state index contributed by atoms with van der Waals surface area (Å²) in [6.07, 6.45) is 1.85. The third kappa shape index (κ3) is 6.35. The number of hydrogen-bond acceptors (Lipinski definition) is 8. The zero-order valence-corrected chi connectivity index (χ0v) is 23.1. The van der Waals surface area contributed by atoms with Crippen LogP contribution in [0.4, 0.5) is 10.6 Å². The monoisotopic (exact) mass is 569 g/mol. The lowest BCUT2D eigenvalue weighted by Gasteiger charge is -2.35. The molecule has 0 aliphatic carbocycles. The maximum Gasteiger partial charge on any atom is 0.415 e. The summed E-state index contributed by atoms with van der Waals surface area (Å²) in [5, 5.41) is 15.6. The number of anilines is 1. The number of carbonyl (C=O) groups excluding carboxylic acids is 3. The molecule has 0 spiro atoms. The molecular weight excluding hydrogens is 538 g/mol. The van der Waals surface area contributed by atoms with Crippen LogP contribution >= 0.6 is 11.6 Å². The van der Waals surface area contributed by atoms with Gasteiger partial charge in [0.05, 0.1) is 22.2 Å². The van der Waals surface area contributed by atoms with Crippen LogP contribution in [0.3, 0.4) is 0 Å². The molecule has 0 unspecified atom stereocenters. The van der Waals surface area contributed by atoms with Gasteiger partial charge < -0.3 is 30.3 Å². The number of pyridine rings is 1. The fourth-order valence-corrected chi connectivity index (χ4v) is 5.00. The topological polar surface area (TPSA) is 142 Å². The molecule has 2 aliphatic rings. The third-order valence-electron chi connectivity index (χ3n) is 7.17. The van der Waals surface area contributed by atoms with E-state index in [2.05, 4.69) is 39.3 Å². The number of likely N-dealkylation sites (tertiary alicyclic amines) is 2. The molecular formula is C27H32ClN7O5. The Morgan fingerprint density at radius 3 is 2.55 bits per heavy atom. The van der Waals surface area contributed by atoms with Gasteiger partial charge in [-0.3, -0.25) is 14.2 Å². The van der Waals surface area contributed by atoms with E-state index >= 15 is 0 Å². The van der Waals surface area contributed by atoms with Crippen LogP contribution in [0.25, 0.3) is 11.0 Å². The predicted molar refractivity (Wildman–Crippen MR) is 148 cm³/mol. The van der Waals surface area contributed by atoms with E-state index in [9.17, 15) is 19.5 Å². The van der Waals surface area contributed by atoms with Gasteiger partial charge in [-0.2, -0.15) is 4.98 Å². The zero-order valence-electron chi connectivity index (χ0n) is 22.3. The van der Waals surface area contributed by atoms with E-state index < -0.39 is 18.1 Å². The molecule has 2 saturated heterocycles. The Kier molecular flexibility index (Phi) is 8.19. The van der Waals surface area contributed by atoms with Crippen molar-refractivity contribution in [3.8, 4) is 6.01 Å². The second-order valence-corrected chi connectivity index (χ2v) is 10.8. The Morgan fingerprint density at radius 1 is 1.15 bits per heavy atom. The number of fused-ring (bicyclic) bond motifs is 1. The number of carbonyl (C=O) groups is 3. The molecule has 0 atom stereocenters. The van der Waals surface area contributed by atoms with Gasteiger partial charge in [0, 0.05) is 50.0 Å². The molecule has 12 nitrogen and oxygen atoms in total.